The lowest BCUT2D eigenvalue weighted by Gasteiger charge is -2.29. The maximum absolute atomic E-state index is 14.1. The Morgan fingerprint density at radius 2 is 1.60 bits per heavy atom. The average molecular weight is 473 g/mol. The Hall–Kier alpha value is -4.00. The van der Waals surface area contributed by atoms with Crippen LogP contribution in [0.25, 0.3) is 11.3 Å². The highest BCUT2D eigenvalue weighted by molar-refractivity contribution is 5.80. The molecule has 35 heavy (non-hydrogen) atoms. The molecule has 1 amide bonds. The van der Waals surface area contributed by atoms with Crippen molar-refractivity contribution in [1.29, 1.82) is 0 Å². The van der Waals surface area contributed by atoms with Crippen molar-refractivity contribution in [2.75, 3.05) is 11.9 Å². The zero-order valence-corrected chi connectivity index (χ0v) is 19.7. The van der Waals surface area contributed by atoms with Crippen molar-refractivity contribution in [2.24, 2.45) is 0 Å². The molecule has 0 bridgehead atoms. The number of aryl methyl sites for hydroxylation is 2. The van der Waals surface area contributed by atoms with Crippen LogP contribution >= 0.6 is 0 Å². The maximum Gasteiger partial charge on any atom is 0.227 e. The molecule has 0 saturated carbocycles. The van der Waals surface area contributed by atoms with E-state index in [1.807, 2.05) is 66.9 Å². The Labute approximate surface area is 203 Å². The fourth-order valence-corrected chi connectivity index (χ4v) is 4.28. The van der Waals surface area contributed by atoms with Crippen molar-refractivity contribution < 1.29 is 13.6 Å². The number of amides is 1. The monoisotopic (exact) mass is 472 g/mol. The van der Waals surface area contributed by atoms with E-state index in [1.54, 1.807) is 4.90 Å². The van der Waals surface area contributed by atoms with Gasteiger partial charge in [-0.3, -0.25) is 4.79 Å². The molecule has 3 aromatic carbocycles. The zero-order valence-electron chi connectivity index (χ0n) is 19.7. The van der Waals surface area contributed by atoms with E-state index in [0.29, 0.717) is 49.0 Å². The highest BCUT2D eigenvalue weighted by atomic mass is 19.2. The van der Waals surface area contributed by atoms with E-state index in [1.165, 1.54) is 6.07 Å². The molecule has 0 aliphatic carbocycles. The normalized spacial score (nSPS) is 13.0. The molecule has 0 atom stereocenters. The number of aromatic nitrogens is 2. The number of fused-ring (bicyclic) bond motifs is 1. The van der Waals surface area contributed by atoms with Gasteiger partial charge in [-0.05, 0) is 49.7 Å². The van der Waals surface area contributed by atoms with Gasteiger partial charge in [-0.15, -0.1) is 0 Å². The largest absolute Gasteiger partial charge is 0.340 e. The summed E-state index contributed by atoms with van der Waals surface area (Å²) in [6, 6.07) is 19.7. The second-order valence-corrected chi connectivity index (χ2v) is 8.97. The number of carbonyl (C=O) groups is 1. The van der Waals surface area contributed by atoms with Crippen LogP contribution in [-0.2, 0) is 24.3 Å². The number of anilines is 2. The Balaban J connectivity index is 1.46. The van der Waals surface area contributed by atoms with E-state index in [2.05, 4.69) is 5.32 Å². The minimum absolute atomic E-state index is 0.0329. The summed E-state index contributed by atoms with van der Waals surface area (Å²) in [7, 11) is 0. The lowest BCUT2D eigenvalue weighted by atomic mass is 10.1. The fourth-order valence-electron chi connectivity index (χ4n) is 4.28. The summed E-state index contributed by atoms with van der Waals surface area (Å²) in [4.78, 5) is 19.6. The molecule has 0 unspecified atom stereocenters. The summed E-state index contributed by atoms with van der Waals surface area (Å²) >= 11 is 0. The van der Waals surface area contributed by atoms with Gasteiger partial charge in [0.25, 0.3) is 0 Å². The molecule has 0 spiro atoms. The van der Waals surface area contributed by atoms with Crippen LogP contribution in [0.5, 0.6) is 0 Å². The van der Waals surface area contributed by atoms with Gasteiger partial charge in [-0.2, -0.15) is 0 Å². The van der Waals surface area contributed by atoms with Crippen molar-refractivity contribution in [3.05, 3.63) is 101 Å². The van der Waals surface area contributed by atoms with Gasteiger partial charge in [-0.1, -0.05) is 47.5 Å². The van der Waals surface area contributed by atoms with E-state index in [-0.39, 0.29) is 5.91 Å². The molecule has 5 nitrogen and oxygen atoms in total. The number of hydrogen-bond acceptors (Lipinski definition) is 3. The van der Waals surface area contributed by atoms with Gasteiger partial charge in [-0.25, -0.2) is 13.8 Å². The van der Waals surface area contributed by atoms with Gasteiger partial charge in [0.05, 0.1) is 13.0 Å². The number of carbonyl (C=O) groups excluding carboxylic acids is 1. The molecule has 1 aliphatic rings. The molecule has 1 aliphatic heterocycles. The third-order valence-corrected chi connectivity index (χ3v) is 6.31. The van der Waals surface area contributed by atoms with Crippen LogP contribution in [0.15, 0.2) is 66.7 Å². The Morgan fingerprint density at radius 1 is 0.914 bits per heavy atom. The molecular formula is C28H26F2N4O. The van der Waals surface area contributed by atoms with Crippen LogP contribution in [0.3, 0.4) is 0 Å². The summed E-state index contributed by atoms with van der Waals surface area (Å²) in [6.45, 7) is 5.45. The van der Waals surface area contributed by atoms with Crippen molar-refractivity contribution in [1.82, 2.24) is 14.5 Å². The Kier molecular flexibility index (Phi) is 6.07. The number of nitrogens with zero attached hydrogens (tertiary/aromatic N) is 3. The molecule has 2 heterocycles. The first-order valence-corrected chi connectivity index (χ1v) is 11.6. The maximum atomic E-state index is 14.1. The van der Waals surface area contributed by atoms with Crippen LogP contribution in [0.1, 0.15) is 22.5 Å². The molecule has 0 saturated heterocycles. The van der Waals surface area contributed by atoms with Crippen LogP contribution < -0.4 is 5.32 Å². The second-order valence-electron chi connectivity index (χ2n) is 8.97. The predicted molar refractivity (Wildman–Crippen MR) is 132 cm³/mol. The molecule has 1 aromatic heterocycles. The predicted octanol–water partition coefficient (Wildman–Crippen LogP) is 5.77. The van der Waals surface area contributed by atoms with E-state index < -0.39 is 11.6 Å². The van der Waals surface area contributed by atoms with Crippen LogP contribution in [0, 0.1) is 25.5 Å². The average Bonchev–Trinajstić information content (AvgIpc) is 3.21. The lowest BCUT2D eigenvalue weighted by Crippen LogP contribution is -2.39. The highest BCUT2D eigenvalue weighted by Crippen LogP contribution is 2.34. The minimum atomic E-state index is -0.926. The molecule has 0 radical (unpaired) electrons. The van der Waals surface area contributed by atoms with E-state index >= 15 is 0 Å². The molecule has 178 valence electrons. The molecule has 0 fully saturated rings. The molecule has 1 N–H and O–H groups in total. The SMILES string of the molecule is Cc1ccc(CC(=O)N2CCn3c(nc(-c4ccc(F)c(F)c4)c3Nc3ccc(C)cc3)C2)cc1. The van der Waals surface area contributed by atoms with E-state index in [9.17, 15) is 13.6 Å². The van der Waals surface area contributed by atoms with Gasteiger partial charge >= 0.3 is 0 Å². The minimum Gasteiger partial charge on any atom is -0.340 e. The third-order valence-electron chi connectivity index (χ3n) is 6.31. The van der Waals surface area contributed by atoms with Gasteiger partial charge in [0.1, 0.15) is 17.3 Å². The van der Waals surface area contributed by atoms with Crippen LogP contribution in [0.2, 0.25) is 0 Å². The smallest absolute Gasteiger partial charge is 0.227 e. The summed E-state index contributed by atoms with van der Waals surface area (Å²) in [5, 5.41) is 3.41. The van der Waals surface area contributed by atoms with Crippen molar-refractivity contribution >= 4 is 17.4 Å². The first-order valence-electron chi connectivity index (χ1n) is 11.6. The molecule has 4 aromatic rings. The molecular weight excluding hydrogens is 446 g/mol. The standard InChI is InChI=1S/C28H26F2N4O/c1-18-3-7-20(8-4-18)15-26(35)33-13-14-34-25(17-33)32-27(21-9-12-23(29)24(30)16-21)28(34)31-22-10-5-19(2)6-11-22/h3-12,16,31H,13-15,17H2,1-2H3. The summed E-state index contributed by atoms with van der Waals surface area (Å²) in [6.07, 6.45) is 0.325. The first kappa shape index (κ1) is 22.8. The van der Waals surface area contributed by atoms with Crippen molar-refractivity contribution in [2.45, 2.75) is 33.4 Å². The number of imidazole rings is 1. The Bertz CT molecular complexity index is 1380. The molecule has 5 rings (SSSR count). The first-order chi connectivity index (χ1) is 16.9. The van der Waals surface area contributed by atoms with Crippen molar-refractivity contribution in [3.63, 3.8) is 0 Å². The Morgan fingerprint density at radius 3 is 2.29 bits per heavy atom. The van der Waals surface area contributed by atoms with Crippen LogP contribution in [0.4, 0.5) is 20.3 Å². The van der Waals surface area contributed by atoms with Crippen LogP contribution in [-0.4, -0.2) is 26.9 Å². The van der Waals surface area contributed by atoms with E-state index in [0.717, 1.165) is 34.5 Å². The number of halogens is 2. The lowest BCUT2D eigenvalue weighted by molar-refractivity contribution is -0.132. The third kappa shape index (κ3) is 4.80. The van der Waals surface area contributed by atoms with Gasteiger partial charge < -0.3 is 14.8 Å². The number of nitrogens with one attached hydrogen (secondary N) is 1. The topological polar surface area (TPSA) is 50.2 Å². The number of rotatable bonds is 5. The summed E-state index contributed by atoms with van der Waals surface area (Å²) in [5.74, 6) is -0.405. The fraction of sp³-hybridized carbons (Fsp3) is 0.214. The number of benzene rings is 3. The number of hydrogen-bond donors (Lipinski definition) is 1. The quantitative estimate of drug-likeness (QED) is 0.401. The van der Waals surface area contributed by atoms with Crippen molar-refractivity contribution in [3.8, 4) is 11.3 Å². The highest BCUT2D eigenvalue weighted by Gasteiger charge is 2.27. The second kappa shape index (κ2) is 9.33. The van der Waals surface area contributed by atoms with Gasteiger partial charge in [0.2, 0.25) is 5.91 Å². The zero-order chi connectivity index (χ0) is 24.5. The van der Waals surface area contributed by atoms with Gasteiger partial charge in [0.15, 0.2) is 11.6 Å². The molecule has 7 heteroatoms. The van der Waals surface area contributed by atoms with E-state index in [4.69, 9.17) is 4.98 Å². The van der Waals surface area contributed by atoms with Gasteiger partial charge in [0, 0.05) is 24.3 Å². The summed E-state index contributed by atoms with van der Waals surface area (Å²) in [5.41, 5.74) is 5.11. The summed E-state index contributed by atoms with van der Waals surface area (Å²) < 4.78 is 29.7.